The summed E-state index contributed by atoms with van der Waals surface area (Å²) in [6, 6.07) is 0. The van der Waals surface area contributed by atoms with Crippen molar-refractivity contribution in [2.45, 2.75) is 42.7 Å². The van der Waals surface area contributed by atoms with Gasteiger partial charge in [-0.05, 0) is 6.42 Å². The van der Waals surface area contributed by atoms with Crippen molar-refractivity contribution in [3.05, 3.63) is 11.6 Å². The van der Waals surface area contributed by atoms with E-state index in [-0.39, 0.29) is 0 Å². The summed E-state index contributed by atoms with van der Waals surface area (Å²) in [5.41, 5.74) is -1.16. The Morgan fingerprint density at radius 1 is 1.17 bits per heavy atom. The lowest BCUT2D eigenvalue weighted by Crippen LogP contribution is -2.44. The predicted octanol–water partition coefficient (Wildman–Crippen LogP) is 3.75. The number of allylic oxidation sites excluding steroid dienone is 2. The third kappa shape index (κ3) is 6.15. The summed E-state index contributed by atoms with van der Waals surface area (Å²) >= 11 is 5.62. The third-order valence-electron chi connectivity index (χ3n) is 2.99. The van der Waals surface area contributed by atoms with Gasteiger partial charge in [-0.1, -0.05) is 24.6 Å². The largest absolute Gasteiger partial charge is 0.467 e. The van der Waals surface area contributed by atoms with E-state index >= 15 is 0 Å². The minimum absolute atomic E-state index is 0.370. The molecule has 0 aliphatic carbocycles. The molecule has 0 aromatic heterocycles. The van der Waals surface area contributed by atoms with E-state index in [9.17, 15) is 39.6 Å². The summed E-state index contributed by atoms with van der Waals surface area (Å²) in [5.74, 6) is -3.21. The van der Waals surface area contributed by atoms with Gasteiger partial charge in [0.25, 0.3) is 0 Å². The zero-order valence-electron chi connectivity index (χ0n) is 12.6. The second-order valence-electron chi connectivity index (χ2n) is 4.69. The standard InChI is InChI=1S/C12H15ClF6O4S/c1-3-8(12(17,18)19)4-5-10(13,9(20)23-2)24(21,22)7-6-11(14,15)16/h4H,3,5-7H2,1-2H3. The molecule has 4 nitrogen and oxygen atoms in total. The van der Waals surface area contributed by atoms with Gasteiger partial charge in [0.15, 0.2) is 9.84 Å². The number of carbonyl (C=O) groups excluding carboxylic acids is 1. The summed E-state index contributed by atoms with van der Waals surface area (Å²) in [7, 11) is -4.24. The number of esters is 1. The molecule has 0 aromatic rings. The van der Waals surface area contributed by atoms with Crippen LogP contribution in [0.5, 0.6) is 0 Å². The summed E-state index contributed by atoms with van der Waals surface area (Å²) < 4.78 is 99.6. The van der Waals surface area contributed by atoms with Crippen molar-refractivity contribution in [3.8, 4) is 0 Å². The topological polar surface area (TPSA) is 60.4 Å². The van der Waals surface area contributed by atoms with Gasteiger partial charge in [0.1, 0.15) is 0 Å². The molecule has 0 saturated carbocycles. The first-order chi connectivity index (χ1) is 10.6. The van der Waals surface area contributed by atoms with Gasteiger partial charge in [0.2, 0.25) is 4.21 Å². The molecule has 0 heterocycles. The van der Waals surface area contributed by atoms with E-state index in [0.29, 0.717) is 13.2 Å². The monoisotopic (exact) mass is 404 g/mol. The normalized spacial score (nSPS) is 16.6. The number of hydrogen-bond acceptors (Lipinski definition) is 4. The number of rotatable bonds is 7. The maximum absolute atomic E-state index is 12.7. The second kappa shape index (κ2) is 7.94. The van der Waals surface area contributed by atoms with Crippen molar-refractivity contribution < 1.29 is 44.3 Å². The molecule has 24 heavy (non-hydrogen) atoms. The van der Waals surface area contributed by atoms with Crippen LogP contribution in [0.4, 0.5) is 26.3 Å². The van der Waals surface area contributed by atoms with Gasteiger partial charge in [-0.2, -0.15) is 26.3 Å². The third-order valence-corrected chi connectivity index (χ3v) is 6.07. The smallest absolute Gasteiger partial charge is 0.412 e. The van der Waals surface area contributed by atoms with Gasteiger partial charge < -0.3 is 4.74 Å². The zero-order chi connectivity index (χ0) is 19.4. The lowest BCUT2D eigenvalue weighted by molar-refractivity contribution is -0.141. The Morgan fingerprint density at radius 3 is 2.00 bits per heavy atom. The van der Waals surface area contributed by atoms with E-state index < -0.39 is 63.0 Å². The Hall–Kier alpha value is -0.970. The van der Waals surface area contributed by atoms with Gasteiger partial charge in [0, 0.05) is 12.0 Å². The highest BCUT2D eigenvalue weighted by Crippen LogP contribution is 2.35. The predicted molar refractivity (Wildman–Crippen MR) is 74.1 cm³/mol. The minimum Gasteiger partial charge on any atom is -0.467 e. The highest BCUT2D eigenvalue weighted by atomic mass is 35.5. The maximum atomic E-state index is 12.7. The molecule has 0 aliphatic heterocycles. The highest BCUT2D eigenvalue weighted by Gasteiger charge is 2.51. The Morgan fingerprint density at radius 2 is 1.67 bits per heavy atom. The lowest BCUT2D eigenvalue weighted by Gasteiger charge is -2.24. The summed E-state index contributed by atoms with van der Waals surface area (Å²) in [6.45, 7) is 1.13. The van der Waals surface area contributed by atoms with Crippen LogP contribution in [0.25, 0.3) is 0 Å². The average Bonchev–Trinajstić information content (AvgIpc) is 2.42. The van der Waals surface area contributed by atoms with Crippen LogP contribution >= 0.6 is 11.6 Å². The molecule has 1 unspecified atom stereocenters. The van der Waals surface area contributed by atoms with E-state index in [2.05, 4.69) is 4.74 Å². The van der Waals surface area contributed by atoms with E-state index in [1.54, 1.807) is 0 Å². The molecule has 0 spiro atoms. The molecular weight excluding hydrogens is 390 g/mol. The van der Waals surface area contributed by atoms with Crippen molar-refractivity contribution >= 4 is 27.4 Å². The van der Waals surface area contributed by atoms with Gasteiger partial charge in [-0.25, -0.2) is 13.2 Å². The first-order valence-corrected chi connectivity index (χ1v) is 8.46. The van der Waals surface area contributed by atoms with Gasteiger partial charge in [-0.3, -0.25) is 0 Å². The molecule has 0 aromatic carbocycles. The fourth-order valence-corrected chi connectivity index (χ4v) is 3.50. The van der Waals surface area contributed by atoms with E-state index in [4.69, 9.17) is 11.6 Å². The van der Waals surface area contributed by atoms with Crippen molar-refractivity contribution in [2.75, 3.05) is 12.9 Å². The van der Waals surface area contributed by atoms with Crippen LogP contribution in [0.1, 0.15) is 26.2 Å². The molecule has 0 N–H and O–H groups in total. The number of alkyl halides is 7. The van der Waals surface area contributed by atoms with Gasteiger partial charge >= 0.3 is 18.3 Å². The SMILES string of the molecule is CCC(=CCC(Cl)(C(=O)OC)S(=O)(=O)CCC(F)(F)F)C(F)(F)F. The molecular formula is C12H15ClF6O4S. The Bertz CT molecular complexity index is 581. The molecule has 142 valence electrons. The Labute approximate surface area is 139 Å². The first-order valence-electron chi connectivity index (χ1n) is 6.43. The van der Waals surface area contributed by atoms with Gasteiger partial charge in [0.05, 0.1) is 19.3 Å². The molecule has 1 atom stereocenters. The Kier molecular flexibility index (Phi) is 7.62. The van der Waals surface area contributed by atoms with E-state index in [1.807, 2.05) is 0 Å². The van der Waals surface area contributed by atoms with Gasteiger partial charge in [-0.15, -0.1) is 0 Å². The van der Waals surface area contributed by atoms with E-state index in [0.717, 1.165) is 6.92 Å². The van der Waals surface area contributed by atoms with Crippen LogP contribution < -0.4 is 0 Å². The fraction of sp³-hybridized carbons (Fsp3) is 0.750. The summed E-state index contributed by atoms with van der Waals surface area (Å²) in [6.07, 6.45) is -12.8. The molecule has 0 bridgehead atoms. The minimum atomic E-state index is -4.96. The lowest BCUT2D eigenvalue weighted by atomic mass is 10.1. The number of methoxy groups -OCH3 is 1. The number of hydrogen-bond donors (Lipinski definition) is 0. The maximum Gasteiger partial charge on any atom is 0.412 e. The van der Waals surface area contributed by atoms with Crippen LogP contribution in [0.3, 0.4) is 0 Å². The molecule has 0 rings (SSSR count). The quantitative estimate of drug-likeness (QED) is 0.281. The van der Waals surface area contributed by atoms with Crippen molar-refractivity contribution in [1.82, 2.24) is 0 Å². The highest BCUT2D eigenvalue weighted by molar-refractivity contribution is 7.95. The molecule has 0 saturated heterocycles. The van der Waals surface area contributed by atoms with Crippen LogP contribution in [0.15, 0.2) is 11.6 Å². The molecule has 0 amide bonds. The van der Waals surface area contributed by atoms with Crippen molar-refractivity contribution in [2.24, 2.45) is 0 Å². The van der Waals surface area contributed by atoms with Crippen LogP contribution in [0.2, 0.25) is 0 Å². The number of sulfone groups is 1. The van der Waals surface area contributed by atoms with E-state index in [1.165, 1.54) is 0 Å². The summed E-state index contributed by atoms with van der Waals surface area (Å²) in [4.78, 5) is 11.6. The molecule has 12 heteroatoms. The number of ether oxygens (including phenoxy) is 1. The second-order valence-corrected chi connectivity index (χ2v) is 7.89. The molecule has 0 aliphatic rings. The first kappa shape index (κ1) is 23.0. The van der Waals surface area contributed by atoms with Crippen LogP contribution in [-0.2, 0) is 19.4 Å². The van der Waals surface area contributed by atoms with Crippen molar-refractivity contribution in [3.63, 3.8) is 0 Å². The van der Waals surface area contributed by atoms with Crippen LogP contribution in [-0.4, -0.2) is 43.8 Å². The molecule has 0 fully saturated rings. The zero-order valence-corrected chi connectivity index (χ0v) is 14.2. The Balaban J connectivity index is 5.74. The van der Waals surface area contributed by atoms with Crippen LogP contribution in [0, 0.1) is 0 Å². The molecule has 0 radical (unpaired) electrons. The fourth-order valence-electron chi connectivity index (χ4n) is 1.62. The number of halogens is 7. The average molecular weight is 405 g/mol. The number of carbonyl (C=O) groups is 1. The summed E-state index contributed by atoms with van der Waals surface area (Å²) in [5, 5.41) is 0. The van der Waals surface area contributed by atoms with Crippen molar-refractivity contribution in [1.29, 1.82) is 0 Å².